The van der Waals surface area contributed by atoms with Crippen LogP contribution in [0.2, 0.25) is 0 Å². The minimum Gasteiger partial charge on any atom is -0.373 e. The zero-order valence-electron chi connectivity index (χ0n) is 20.5. The molecule has 0 amide bonds. The highest BCUT2D eigenvalue weighted by Crippen LogP contribution is 2.39. The Bertz CT molecular complexity index is 1230. The quantitative estimate of drug-likeness (QED) is 0.525. The Morgan fingerprint density at radius 1 is 0.629 bits per heavy atom. The number of fused-ring (bicyclic) bond motifs is 3. The molecule has 35 heavy (non-hydrogen) atoms. The fourth-order valence-corrected chi connectivity index (χ4v) is 8.72. The van der Waals surface area contributed by atoms with Gasteiger partial charge in [-0.1, -0.05) is 12.1 Å². The van der Waals surface area contributed by atoms with Crippen molar-refractivity contribution in [3.63, 3.8) is 0 Å². The Kier molecular flexibility index (Phi) is 6.34. The van der Waals surface area contributed by atoms with Gasteiger partial charge in [0.25, 0.3) is 0 Å². The molecule has 2 aromatic rings. The maximum Gasteiger partial charge on any atom is 0.243 e. The summed E-state index contributed by atoms with van der Waals surface area (Å²) in [5.74, 6) is 0. The van der Waals surface area contributed by atoms with Crippen molar-refractivity contribution < 1.29 is 26.3 Å². The van der Waals surface area contributed by atoms with E-state index in [9.17, 15) is 16.8 Å². The highest BCUT2D eigenvalue weighted by molar-refractivity contribution is 7.89. The van der Waals surface area contributed by atoms with Crippen LogP contribution in [0.25, 0.3) is 11.1 Å². The van der Waals surface area contributed by atoms with Gasteiger partial charge in [0.15, 0.2) is 0 Å². The largest absolute Gasteiger partial charge is 0.373 e. The van der Waals surface area contributed by atoms with Crippen molar-refractivity contribution >= 4 is 20.0 Å². The van der Waals surface area contributed by atoms with Crippen LogP contribution in [0.4, 0.5) is 0 Å². The Hall–Kier alpha value is -1.82. The first-order chi connectivity index (χ1) is 16.4. The average molecular weight is 521 g/mol. The summed E-state index contributed by atoms with van der Waals surface area (Å²) in [7, 11) is -7.31. The van der Waals surface area contributed by atoms with E-state index in [1.54, 1.807) is 24.3 Å². The second-order valence-corrected chi connectivity index (χ2v) is 13.8. The Morgan fingerprint density at radius 3 is 1.31 bits per heavy atom. The third-order valence-corrected chi connectivity index (χ3v) is 10.5. The first-order valence-corrected chi connectivity index (χ1v) is 14.9. The summed E-state index contributed by atoms with van der Waals surface area (Å²) in [5.41, 5.74) is 3.66. The maximum atomic E-state index is 13.3. The molecule has 4 unspecified atom stereocenters. The van der Waals surface area contributed by atoms with Crippen LogP contribution >= 0.6 is 0 Å². The van der Waals surface area contributed by atoms with Crippen LogP contribution in [0.5, 0.6) is 0 Å². The lowest BCUT2D eigenvalue weighted by Crippen LogP contribution is -2.48. The van der Waals surface area contributed by atoms with Crippen LogP contribution in [0.1, 0.15) is 38.8 Å². The molecule has 2 aliphatic heterocycles. The summed E-state index contributed by atoms with van der Waals surface area (Å²) in [6.07, 6.45) is -0.159. The van der Waals surface area contributed by atoms with Gasteiger partial charge < -0.3 is 9.47 Å². The standard InChI is InChI=1S/C25H32N2O6S2/c1-16-12-26(13-17(2)32-16)34(28,29)22-5-7-24-20(10-22)9-21-11-23(6-8-25(21)24)35(30,31)27-14-18(3)33-19(4)15-27/h5-8,10-11,16-19H,9,12-15H2,1-4H3. The topological polar surface area (TPSA) is 93.2 Å². The van der Waals surface area contributed by atoms with Crippen molar-refractivity contribution in [1.29, 1.82) is 0 Å². The van der Waals surface area contributed by atoms with Crippen LogP contribution in [-0.2, 0) is 35.9 Å². The third kappa shape index (κ3) is 4.56. The highest BCUT2D eigenvalue weighted by atomic mass is 32.2. The molecule has 0 spiro atoms. The molecule has 1 aliphatic carbocycles. The monoisotopic (exact) mass is 520 g/mol. The van der Waals surface area contributed by atoms with Gasteiger partial charge in [0.2, 0.25) is 20.0 Å². The predicted octanol–water partition coefficient (Wildman–Crippen LogP) is 2.85. The number of benzene rings is 2. The van der Waals surface area contributed by atoms with E-state index >= 15 is 0 Å². The lowest BCUT2D eigenvalue weighted by Gasteiger charge is -2.34. The van der Waals surface area contributed by atoms with E-state index in [0.717, 1.165) is 22.3 Å². The summed E-state index contributed by atoms with van der Waals surface area (Å²) in [5, 5.41) is 0. The first-order valence-electron chi connectivity index (χ1n) is 12.0. The van der Waals surface area contributed by atoms with E-state index in [1.165, 1.54) is 8.61 Å². The number of hydrogen-bond acceptors (Lipinski definition) is 6. The van der Waals surface area contributed by atoms with Gasteiger partial charge in [0, 0.05) is 26.2 Å². The van der Waals surface area contributed by atoms with Gasteiger partial charge in [-0.3, -0.25) is 0 Å². The van der Waals surface area contributed by atoms with E-state index in [-0.39, 0.29) is 34.2 Å². The number of hydrogen-bond donors (Lipinski definition) is 0. The molecule has 10 heteroatoms. The zero-order chi connectivity index (χ0) is 25.1. The minimum atomic E-state index is -3.65. The first kappa shape index (κ1) is 24.9. The summed E-state index contributed by atoms with van der Waals surface area (Å²) in [4.78, 5) is 0.518. The van der Waals surface area contributed by atoms with E-state index in [0.29, 0.717) is 32.6 Å². The zero-order valence-corrected chi connectivity index (χ0v) is 22.1. The SMILES string of the molecule is CC1CN(S(=O)(=O)c2ccc3c(c2)Cc2cc(S(=O)(=O)N4CC(C)OC(C)C4)ccc2-3)CC(C)O1. The normalized spacial score (nSPS) is 28.0. The third-order valence-electron chi connectivity index (χ3n) is 6.87. The molecule has 4 atom stereocenters. The fourth-order valence-electron chi connectivity index (χ4n) is 5.44. The van der Waals surface area contributed by atoms with Gasteiger partial charge >= 0.3 is 0 Å². The molecule has 0 saturated carbocycles. The van der Waals surface area contributed by atoms with Crippen molar-refractivity contribution in [1.82, 2.24) is 8.61 Å². The van der Waals surface area contributed by atoms with Gasteiger partial charge in [0.05, 0.1) is 34.2 Å². The van der Waals surface area contributed by atoms with E-state index in [1.807, 2.05) is 39.8 Å². The van der Waals surface area contributed by atoms with Crippen molar-refractivity contribution in [3.8, 4) is 11.1 Å². The Balaban J connectivity index is 1.42. The molecule has 0 bridgehead atoms. The minimum absolute atomic E-state index is 0.162. The molecule has 0 aromatic heterocycles. The predicted molar refractivity (Wildman–Crippen MR) is 132 cm³/mol. The fraction of sp³-hybridized carbons (Fsp3) is 0.520. The number of morpholine rings is 2. The molecule has 2 aromatic carbocycles. The van der Waals surface area contributed by atoms with Crippen LogP contribution in [0, 0.1) is 0 Å². The van der Waals surface area contributed by atoms with E-state index in [2.05, 4.69) is 0 Å². The second-order valence-electron chi connectivity index (χ2n) is 9.97. The number of nitrogens with zero attached hydrogens (tertiary/aromatic N) is 2. The van der Waals surface area contributed by atoms with Gasteiger partial charge in [0.1, 0.15) is 0 Å². The Labute approximate surface area is 207 Å². The summed E-state index contributed by atoms with van der Waals surface area (Å²) >= 11 is 0. The highest BCUT2D eigenvalue weighted by Gasteiger charge is 2.35. The average Bonchev–Trinajstić information content (AvgIpc) is 3.15. The summed E-state index contributed by atoms with van der Waals surface area (Å²) < 4.78 is 67.7. The maximum absolute atomic E-state index is 13.3. The van der Waals surface area contributed by atoms with Crippen molar-refractivity contribution in [2.75, 3.05) is 26.2 Å². The van der Waals surface area contributed by atoms with Crippen LogP contribution in [0.3, 0.4) is 0 Å². The molecule has 5 rings (SSSR count). The molecule has 2 heterocycles. The van der Waals surface area contributed by atoms with Crippen molar-refractivity contribution in [2.45, 2.75) is 68.3 Å². The van der Waals surface area contributed by atoms with E-state index < -0.39 is 20.0 Å². The molecule has 190 valence electrons. The summed E-state index contributed by atoms with van der Waals surface area (Å²) in [6, 6.07) is 10.4. The Morgan fingerprint density at radius 2 is 0.971 bits per heavy atom. The lowest BCUT2D eigenvalue weighted by molar-refractivity contribution is -0.0442. The molecule has 2 saturated heterocycles. The van der Waals surface area contributed by atoms with Gasteiger partial charge in [-0.05, 0) is 80.6 Å². The molecule has 2 fully saturated rings. The van der Waals surface area contributed by atoms with E-state index in [4.69, 9.17) is 9.47 Å². The molecule has 0 radical (unpaired) electrons. The summed E-state index contributed by atoms with van der Waals surface area (Å²) in [6.45, 7) is 8.80. The van der Waals surface area contributed by atoms with Crippen molar-refractivity contribution in [3.05, 3.63) is 47.5 Å². The van der Waals surface area contributed by atoms with Crippen molar-refractivity contribution in [2.24, 2.45) is 0 Å². The number of rotatable bonds is 4. The van der Waals surface area contributed by atoms with Gasteiger partial charge in [-0.15, -0.1) is 0 Å². The van der Waals surface area contributed by atoms with Gasteiger partial charge in [-0.2, -0.15) is 8.61 Å². The molecule has 0 N–H and O–H groups in total. The smallest absolute Gasteiger partial charge is 0.243 e. The van der Waals surface area contributed by atoms with Crippen LogP contribution in [0.15, 0.2) is 46.2 Å². The number of sulfonamides is 2. The van der Waals surface area contributed by atoms with Gasteiger partial charge in [-0.25, -0.2) is 16.8 Å². The molecule has 3 aliphatic rings. The second kappa shape index (κ2) is 8.93. The number of ether oxygens (including phenoxy) is 2. The molecular weight excluding hydrogens is 488 g/mol. The lowest BCUT2D eigenvalue weighted by atomic mass is 10.1. The molecular formula is C25H32N2O6S2. The van der Waals surface area contributed by atoms with Crippen LogP contribution in [-0.4, -0.2) is 76.0 Å². The molecule has 8 nitrogen and oxygen atoms in total. The van der Waals surface area contributed by atoms with Crippen LogP contribution < -0.4 is 0 Å².